The van der Waals surface area contributed by atoms with Gasteiger partial charge in [0.2, 0.25) is 0 Å². The number of nitrogens with zero attached hydrogens (tertiary/aromatic N) is 1. The lowest BCUT2D eigenvalue weighted by Gasteiger charge is -2.40. The van der Waals surface area contributed by atoms with Gasteiger partial charge in [0.15, 0.2) is 0 Å². The Labute approximate surface area is 134 Å². The van der Waals surface area contributed by atoms with E-state index in [0.29, 0.717) is 5.92 Å². The second-order valence-electron chi connectivity index (χ2n) is 7.08. The van der Waals surface area contributed by atoms with E-state index in [2.05, 4.69) is 72.6 Å². The lowest BCUT2D eigenvalue weighted by Crippen LogP contribution is -2.41. The Morgan fingerprint density at radius 3 is 1.68 bits per heavy atom. The molecule has 1 unspecified atom stereocenters. The quantitative estimate of drug-likeness (QED) is 0.793. The molecule has 2 aliphatic heterocycles. The molecule has 0 N–H and O–H groups in total. The molecule has 2 aliphatic rings. The largest absolute Gasteiger partial charge is 0.300 e. The van der Waals surface area contributed by atoms with E-state index in [1.54, 1.807) is 0 Å². The van der Waals surface area contributed by atoms with Crippen LogP contribution in [0.3, 0.4) is 0 Å². The predicted octanol–water partition coefficient (Wildman–Crippen LogP) is 4.69. The van der Waals surface area contributed by atoms with Crippen LogP contribution < -0.4 is 0 Å². The molecule has 2 aromatic carbocycles. The molecular formula is C21H25N. The first-order valence-corrected chi connectivity index (χ1v) is 8.65. The lowest BCUT2D eigenvalue weighted by molar-refractivity contribution is 0.126. The van der Waals surface area contributed by atoms with Gasteiger partial charge in [-0.15, -0.1) is 0 Å². The zero-order chi connectivity index (χ0) is 14.9. The highest BCUT2D eigenvalue weighted by Gasteiger charge is 2.41. The van der Waals surface area contributed by atoms with Gasteiger partial charge in [-0.3, -0.25) is 0 Å². The van der Waals surface area contributed by atoms with E-state index < -0.39 is 0 Å². The van der Waals surface area contributed by atoms with Crippen molar-refractivity contribution in [2.45, 2.75) is 43.7 Å². The maximum absolute atomic E-state index is 2.64. The van der Waals surface area contributed by atoms with Gasteiger partial charge in [-0.2, -0.15) is 0 Å². The van der Waals surface area contributed by atoms with Crippen molar-refractivity contribution in [3.63, 3.8) is 0 Å². The van der Waals surface area contributed by atoms with Crippen LogP contribution in [0.2, 0.25) is 0 Å². The fourth-order valence-electron chi connectivity index (χ4n) is 4.78. The number of fused-ring (bicyclic) bond motifs is 2. The van der Waals surface area contributed by atoms with Gasteiger partial charge in [-0.05, 0) is 49.8 Å². The summed E-state index contributed by atoms with van der Waals surface area (Å²) in [6, 6.07) is 23.9. The standard InChI is InChI=1S/C21H25N/c1-22-19-12-13-20(22)15-18(14-19)21(16-8-4-2-5-9-16)17-10-6-3-7-11-17/h2-11,18-21H,12-15H2,1H3/t18?,19-,20+. The summed E-state index contributed by atoms with van der Waals surface area (Å²) in [7, 11) is 2.33. The number of rotatable bonds is 3. The summed E-state index contributed by atoms with van der Waals surface area (Å²) in [6.45, 7) is 0. The maximum atomic E-state index is 2.64. The molecular weight excluding hydrogens is 266 g/mol. The summed E-state index contributed by atoms with van der Waals surface area (Å²) in [5, 5.41) is 0. The van der Waals surface area contributed by atoms with Gasteiger partial charge in [0.25, 0.3) is 0 Å². The van der Waals surface area contributed by atoms with Crippen molar-refractivity contribution in [2.75, 3.05) is 7.05 Å². The molecule has 0 radical (unpaired) electrons. The molecule has 1 heteroatoms. The summed E-state index contributed by atoms with van der Waals surface area (Å²) >= 11 is 0. The molecule has 0 saturated carbocycles. The zero-order valence-corrected chi connectivity index (χ0v) is 13.4. The van der Waals surface area contributed by atoms with Gasteiger partial charge in [-0.25, -0.2) is 0 Å². The van der Waals surface area contributed by atoms with Crippen LogP contribution in [0, 0.1) is 5.92 Å². The van der Waals surface area contributed by atoms with Gasteiger partial charge in [-0.1, -0.05) is 60.7 Å². The average Bonchev–Trinajstić information content (AvgIpc) is 2.78. The monoisotopic (exact) mass is 291 g/mol. The average molecular weight is 291 g/mol. The van der Waals surface area contributed by atoms with Gasteiger partial charge in [0.1, 0.15) is 0 Å². The number of hydrogen-bond donors (Lipinski definition) is 0. The molecule has 114 valence electrons. The Bertz CT molecular complexity index is 553. The molecule has 2 bridgehead atoms. The molecule has 0 aliphatic carbocycles. The summed E-state index contributed by atoms with van der Waals surface area (Å²) in [6.07, 6.45) is 5.49. The highest BCUT2D eigenvalue weighted by molar-refractivity contribution is 5.33. The fraction of sp³-hybridized carbons (Fsp3) is 0.429. The van der Waals surface area contributed by atoms with Crippen molar-refractivity contribution in [3.05, 3.63) is 71.8 Å². The van der Waals surface area contributed by atoms with Crippen LogP contribution in [0.1, 0.15) is 42.7 Å². The molecule has 2 heterocycles. The molecule has 22 heavy (non-hydrogen) atoms. The number of benzene rings is 2. The molecule has 2 fully saturated rings. The van der Waals surface area contributed by atoms with Crippen molar-refractivity contribution in [2.24, 2.45) is 5.92 Å². The minimum Gasteiger partial charge on any atom is -0.300 e. The van der Waals surface area contributed by atoms with Crippen LogP contribution >= 0.6 is 0 Å². The van der Waals surface area contributed by atoms with Crippen molar-refractivity contribution < 1.29 is 0 Å². The van der Waals surface area contributed by atoms with E-state index in [9.17, 15) is 0 Å². The van der Waals surface area contributed by atoms with Crippen molar-refractivity contribution >= 4 is 0 Å². The van der Waals surface area contributed by atoms with Crippen LogP contribution in [-0.4, -0.2) is 24.0 Å². The molecule has 2 aromatic rings. The van der Waals surface area contributed by atoms with Crippen LogP contribution in [0.15, 0.2) is 60.7 Å². The van der Waals surface area contributed by atoms with E-state index >= 15 is 0 Å². The molecule has 1 nitrogen and oxygen atoms in total. The first kappa shape index (κ1) is 14.0. The SMILES string of the molecule is CN1[C@@H]2CC[C@H]1CC(C(c1ccccc1)c1ccccc1)C2. The van der Waals surface area contributed by atoms with Crippen molar-refractivity contribution in [3.8, 4) is 0 Å². The normalized spacial score (nSPS) is 28.2. The molecule has 2 saturated heterocycles. The second kappa shape index (κ2) is 5.89. The highest BCUT2D eigenvalue weighted by atomic mass is 15.2. The van der Waals surface area contributed by atoms with Crippen molar-refractivity contribution in [1.82, 2.24) is 4.90 Å². The van der Waals surface area contributed by atoms with Gasteiger partial charge < -0.3 is 4.90 Å². The van der Waals surface area contributed by atoms with Crippen molar-refractivity contribution in [1.29, 1.82) is 0 Å². The van der Waals surface area contributed by atoms with Gasteiger partial charge in [0.05, 0.1) is 0 Å². The molecule has 0 spiro atoms. The number of piperidine rings is 1. The Hall–Kier alpha value is -1.60. The Balaban J connectivity index is 1.69. The van der Waals surface area contributed by atoms with Crippen LogP contribution in [0.5, 0.6) is 0 Å². The first-order valence-electron chi connectivity index (χ1n) is 8.65. The first-order chi connectivity index (χ1) is 10.8. The van der Waals surface area contributed by atoms with Gasteiger partial charge >= 0.3 is 0 Å². The lowest BCUT2D eigenvalue weighted by atomic mass is 9.74. The maximum Gasteiger partial charge on any atom is 0.0119 e. The predicted molar refractivity (Wildman–Crippen MR) is 92.0 cm³/mol. The summed E-state index contributed by atoms with van der Waals surface area (Å²) in [4.78, 5) is 2.64. The molecule has 0 amide bonds. The third kappa shape index (κ3) is 2.48. The third-order valence-corrected chi connectivity index (χ3v) is 5.92. The summed E-state index contributed by atoms with van der Waals surface area (Å²) < 4.78 is 0. The highest BCUT2D eigenvalue weighted by Crippen LogP contribution is 2.45. The van der Waals surface area contributed by atoms with E-state index in [1.165, 1.54) is 36.8 Å². The number of hydrogen-bond acceptors (Lipinski definition) is 1. The van der Waals surface area contributed by atoms with E-state index in [0.717, 1.165) is 18.0 Å². The molecule has 4 rings (SSSR count). The minimum atomic E-state index is 0.555. The van der Waals surface area contributed by atoms with E-state index in [4.69, 9.17) is 0 Å². The third-order valence-electron chi connectivity index (χ3n) is 5.92. The van der Waals surface area contributed by atoms with Crippen LogP contribution in [0.4, 0.5) is 0 Å². The zero-order valence-electron chi connectivity index (χ0n) is 13.4. The Kier molecular flexibility index (Phi) is 3.75. The second-order valence-corrected chi connectivity index (χ2v) is 7.08. The van der Waals surface area contributed by atoms with Crippen LogP contribution in [0.25, 0.3) is 0 Å². The smallest absolute Gasteiger partial charge is 0.0119 e. The summed E-state index contributed by atoms with van der Waals surface area (Å²) in [5.74, 6) is 1.33. The summed E-state index contributed by atoms with van der Waals surface area (Å²) in [5.41, 5.74) is 2.98. The van der Waals surface area contributed by atoms with E-state index in [-0.39, 0.29) is 0 Å². The Morgan fingerprint density at radius 1 is 0.773 bits per heavy atom. The van der Waals surface area contributed by atoms with E-state index in [1.807, 2.05) is 0 Å². The topological polar surface area (TPSA) is 3.24 Å². The minimum absolute atomic E-state index is 0.555. The Morgan fingerprint density at radius 2 is 1.23 bits per heavy atom. The van der Waals surface area contributed by atoms with Gasteiger partial charge in [0, 0.05) is 18.0 Å². The van der Waals surface area contributed by atoms with Crippen LogP contribution in [-0.2, 0) is 0 Å². The molecule has 0 aromatic heterocycles. The fourth-order valence-corrected chi connectivity index (χ4v) is 4.78. The molecule has 3 atom stereocenters.